The Morgan fingerprint density at radius 3 is 1.45 bits per heavy atom. The number of phenolic OH excluding ortho intramolecular Hbond substituents is 1. The van der Waals surface area contributed by atoms with Crippen LogP contribution in [0.15, 0.2) is 12.1 Å². The Kier molecular flexibility index (Phi) is 7.41. The van der Waals surface area contributed by atoms with Gasteiger partial charge in [-0.25, -0.2) is 0 Å². The van der Waals surface area contributed by atoms with E-state index >= 15 is 0 Å². The topological polar surface area (TPSA) is 20.2 Å². The third kappa shape index (κ3) is 5.78. The van der Waals surface area contributed by atoms with Crippen molar-refractivity contribution in [2.45, 2.75) is 134 Å². The minimum Gasteiger partial charge on any atom is -0.507 e. The van der Waals surface area contributed by atoms with Crippen LogP contribution in [-0.4, -0.2) is 16.4 Å². The largest absolute Gasteiger partial charge is 0.507 e. The van der Waals surface area contributed by atoms with Crippen molar-refractivity contribution in [3.05, 3.63) is 28.8 Å². The molecule has 2 fully saturated rings. The lowest BCUT2D eigenvalue weighted by Gasteiger charge is -2.39. The zero-order chi connectivity index (χ0) is 21.2. The van der Waals surface area contributed by atoms with Crippen LogP contribution in [0.5, 0.6) is 5.75 Å². The molecule has 0 aromatic heterocycles. The molecular weight excluding hydrogens is 371 g/mol. The summed E-state index contributed by atoms with van der Waals surface area (Å²) in [7, 11) is 0.0390. The van der Waals surface area contributed by atoms with Crippen LogP contribution in [0.3, 0.4) is 0 Å². The lowest BCUT2D eigenvalue weighted by Crippen LogP contribution is -2.22. The number of hydrogen-bond donors (Lipinski definition) is 1. The fourth-order valence-corrected chi connectivity index (χ4v) is 9.30. The molecule has 0 heterocycles. The van der Waals surface area contributed by atoms with Gasteiger partial charge in [-0.3, -0.25) is 0 Å². The van der Waals surface area contributed by atoms with Crippen LogP contribution in [0.25, 0.3) is 0 Å². The van der Waals surface area contributed by atoms with E-state index in [1.165, 1.54) is 75.9 Å². The average molecular weight is 417 g/mol. The molecule has 29 heavy (non-hydrogen) atoms. The summed E-state index contributed by atoms with van der Waals surface area (Å²) in [6, 6.07) is 4.73. The second-order valence-electron chi connectivity index (χ2n) is 11.8. The fourth-order valence-electron chi connectivity index (χ4n) is 5.52. The minimum absolute atomic E-state index is 0.0292. The molecule has 3 rings (SSSR count). The van der Waals surface area contributed by atoms with Crippen LogP contribution in [0, 0.1) is 0 Å². The SMILES string of the molecule is CC(C)(C)c1cc(CP(C2CCCCC2)C2CCCCC2)cc(C(C)(C)C)c1O. The summed E-state index contributed by atoms with van der Waals surface area (Å²) in [6.45, 7) is 13.4. The molecule has 0 unspecified atom stereocenters. The van der Waals surface area contributed by atoms with Crippen LogP contribution in [0.4, 0.5) is 0 Å². The standard InChI is InChI=1S/C27H45OP/c1-26(2,3)23-17-20(18-24(25(23)28)27(4,5)6)19-29(21-13-9-7-10-14-21)22-15-11-8-12-16-22/h17-18,21-22,28H,7-16,19H2,1-6H3. The van der Waals surface area contributed by atoms with Crippen LogP contribution >= 0.6 is 7.92 Å². The number of benzene rings is 1. The first-order valence-electron chi connectivity index (χ1n) is 12.2. The molecule has 2 aliphatic rings. The molecule has 2 saturated carbocycles. The molecule has 1 nitrogen and oxygen atoms in total. The highest BCUT2D eigenvalue weighted by molar-refractivity contribution is 7.58. The molecule has 1 N–H and O–H groups in total. The Balaban J connectivity index is 1.97. The second-order valence-corrected chi connectivity index (χ2v) is 14.6. The predicted molar refractivity (Wildman–Crippen MR) is 130 cm³/mol. The van der Waals surface area contributed by atoms with E-state index in [-0.39, 0.29) is 18.8 Å². The van der Waals surface area contributed by atoms with Gasteiger partial charge in [-0.05, 0) is 70.7 Å². The Morgan fingerprint density at radius 1 is 0.724 bits per heavy atom. The van der Waals surface area contributed by atoms with Gasteiger partial charge in [0.05, 0.1) is 0 Å². The van der Waals surface area contributed by atoms with Gasteiger partial charge in [0.1, 0.15) is 5.75 Å². The summed E-state index contributed by atoms with van der Waals surface area (Å²) in [6.07, 6.45) is 15.9. The Morgan fingerprint density at radius 2 is 1.10 bits per heavy atom. The normalized spacial score (nSPS) is 20.4. The molecule has 0 bridgehead atoms. The summed E-state index contributed by atoms with van der Waals surface area (Å²) in [5.74, 6) is 0.536. The molecule has 0 atom stereocenters. The molecule has 164 valence electrons. The van der Waals surface area contributed by atoms with E-state index in [4.69, 9.17) is 0 Å². The maximum absolute atomic E-state index is 11.1. The quantitative estimate of drug-likeness (QED) is 0.487. The van der Waals surface area contributed by atoms with Crippen molar-refractivity contribution < 1.29 is 5.11 Å². The minimum atomic E-state index is -0.0292. The lowest BCUT2D eigenvalue weighted by atomic mass is 9.78. The molecule has 1 aromatic rings. The van der Waals surface area contributed by atoms with Crippen LogP contribution in [-0.2, 0) is 17.0 Å². The predicted octanol–water partition coefficient (Wildman–Crippen LogP) is 8.63. The van der Waals surface area contributed by atoms with Crippen LogP contribution in [0.2, 0.25) is 0 Å². The molecule has 0 saturated heterocycles. The molecule has 0 aliphatic heterocycles. The summed E-state index contributed by atoms with van der Waals surface area (Å²) in [4.78, 5) is 0. The van der Waals surface area contributed by atoms with Crippen molar-refractivity contribution in [1.82, 2.24) is 0 Å². The lowest BCUT2D eigenvalue weighted by molar-refractivity contribution is 0.423. The van der Waals surface area contributed by atoms with E-state index in [1.807, 2.05) is 0 Å². The number of phenols is 1. The summed E-state index contributed by atoms with van der Waals surface area (Å²) in [5.41, 5.74) is 5.68. The first-order valence-corrected chi connectivity index (χ1v) is 13.9. The fraction of sp³-hybridized carbons (Fsp3) is 0.778. The van der Waals surface area contributed by atoms with E-state index in [0.29, 0.717) is 5.75 Å². The van der Waals surface area contributed by atoms with Crippen molar-refractivity contribution >= 4 is 7.92 Å². The van der Waals surface area contributed by atoms with Crippen molar-refractivity contribution in [3.8, 4) is 5.75 Å². The maximum Gasteiger partial charge on any atom is 0.123 e. The zero-order valence-electron chi connectivity index (χ0n) is 20.0. The van der Waals surface area contributed by atoms with E-state index in [9.17, 15) is 5.11 Å². The van der Waals surface area contributed by atoms with Gasteiger partial charge in [-0.2, -0.15) is 0 Å². The van der Waals surface area contributed by atoms with E-state index in [0.717, 1.165) is 22.4 Å². The molecule has 0 spiro atoms. The molecule has 1 aromatic carbocycles. The van der Waals surface area contributed by atoms with Gasteiger partial charge in [0.15, 0.2) is 0 Å². The van der Waals surface area contributed by atoms with Crippen molar-refractivity contribution in [2.24, 2.45) is 0 Å². The smallest absolute Gasteiger partial charge is 0.123 e. The van der Waals surface area contributed by atoms with E-state index in [2.05, 4.69) is 53.7 Å². The highest BCUT2D eigenvalue weighted by atomic mass is 31.1. The third-order valence-electron chi connectivity index (χ3n) is 7.24. The van der Waals surface area contributed by atoms with Crippen LogP contribution in [0.1, 0.15) is 122 Å². The van der Waals surface area contributed by atoms with Gasteiger partial charge in [-0.1, -0.05) is 100 Å². The second kappa shape index (κ2) is 9.30. The van der Waals surface area contributed by atoms with Crippen molar-refractivity contribution in [2.75, 3.05) is 0 Å². The van der Waals surface area contributed by atoms with E-state index in [1.54, 1.807) is 0 Å². The van der Waals surface area contributed by atoms with Gasteiger partial charge in [-0.15, -0.1) is 0 Å². The number of aromatic hydroxyl groups is 1. The Hall–Kier alpha value is -0.550. The Bertz CT molecular complexity index is 614. The van der Waals surface area contributed by atoms with Crippen LogP contribution < -0.4 is 0 Å². The van der Waals surface area contributed by atoms with Gasteiger partial charge in [0, 0.05) is 0 Å². The molecular formula is C27H45OP. The maximum atomic E-state index is 11.1. The Labute approximate surface area is 181 Å². The van der Waals surface area contributed by atoms with Crippen molar-refractivity contribution in [3.63, 3.8) is 0 Å². The highest BCUT2D eigenvalue weighted by Crippen LogP contribution is 2.58. The van der Waals surface area contributed by atoms with E-state index < -0.39 is 0 Å². The average Bonchev–Trinajstić information content (AvgIpc) is 2.66. The summed E-state index contributed by atoms with van der Waals surface area (Å²) in [5, 5.41) is 11.1. The van der Waals surface area contributed by atoms with Crippen molar-refractivity contribution in [1.29, 1.82) is 0 Å². The van der Waals surface area contributed by atoms with Gasteiger partial charge < -0.3 is 5.11 Å². The monoisotopic (exact) mass is 416 g/mol. The van der Waals surface area contributed by atoms with Gasteiger partial charge in [0.25, 0.3) is 0 Å². The summed E-state index contributed by atoms with van der Waals surface area (Å²) < 4.78 is 0. The third-order valence-corrected chi connectivity index (χ3v) is 10.9. The summed E-state index contributed by atoms with van der Waals surface area (Å²) >= 11 is 0. The molecule has 2 heteroatoms. The molecule has 0 radical (unpaired) electrons. The number of hydrogen-bond acceptors (Lipinski definition) is 1. The molecule has 2 aliphatic carbocycles. The van der Waals surface area contributed by atoms with Gasteiger partial charge >= 0.3 is 0 Å². The number of rotatable bonds is 4. The molecule has 0 amide bonds. The van der Waals surface area contributed by atoms with Gasteiger partial charge in [0.2, 0.25) is 0 Å². The zero-order valence-corrected chi connectivity index (χ0v) is 20.9. The first-order chi connectivity index (χ1) is 13.6. The first kappa shape index (κ1) is 23.1. The highest BCUT2D eigenvalue weighted by Gasteiger charge is 2.32.